The number of nitrogens with zero attached hydrogens (tertiary/aromatic N) is 2. The fraction of sp³-hybridized carbons (Fsp3) is 0.133. The fourth-order valence-electron chi connectivity index (χ4n) is 2.21. The van der Waals surface area contributed by atoms with Gasteiger partial charge in [-0.25, -0.2) is 0 Å². The smallest absolute Gasteiger partial charge is 0.305 e. The summed E-state index contributed by atoms with van der Waals surface area (Å²) in [6.07, 6.45) is -0.307. The first-order valence-corrected chi connectivity index (χ1v) is 6.84. The van der Waals surface area contributed by atoms with Crippen molar-refractivity contribution in [1.82, 2.24) is 0 Å². The monoisotopic (exact) mass is 331 g/mol. The number of hydrogen-bond donors (Lipinski definition) is 2. The lowest BCUT2D eigenvalue weighted by Gasteiger charge is -2.18. The molecule has 124 valence electrons. The van der Waals surface area contributed by atoms with Gasteiger partial charge in [-0.2, -0.15) is 0 Å². The predicted octanol–water partition coefficient (Wildman–Crippen LogP) is 3.13. The van der Waals surface area contributed by atoms with E-state index in [1.54, 1.807) is 30.3 Å². The average Bonchev–Trinajstić information content (AvgIpc) is 2.54. The number of carbonyl (C=O) groups is 1. The number of hydrogen-bond acceptors (Lipinski definition) is 6. The maximum atomic E-state index is 11.2. The van der Waals surface area contributed by atoms with Gasteiger partial charge in [-0.05, 0) is 11.6 Å². The molecule has 24 heavy (non-hydrogen) atoms. The van der Waals surface area contributed by atoms with Crippen molar-refractivity contribution in [3.8, 4) is 0 Å². The minimum atomic E-state index is -1.08. The van der Waals surface area contributed by atoms with Crippen LogP contribution >= 0.6 is 0 Å². The van der Waals surface area contributed by atoms with Crippen molar-refractivity contribution < 1.29 is 19.7 Å². The zero-order valence-electron chi connectivity index (χ0n) is 12.3. The van der Waals surface area contributed by atoms with E-state index in [-0.39, 0.29) is 12.1 Å². The summed E-state index contributed by atoms with van der Waals surface area (Å²) in [6, 6.07) is 11.0. The molecule has 0 bridgehead atoms. The number of carboxylic acid groups (broad SMARTS) is 1. The molecule has 9 nitrogen and oxygen atoms in total. The van der Waals surface area contributed by atoms with Crippen molar-refractivity contribution >= 4 is 23.0 Å². The van der Waals surface area contributed by atoms with Gasteiger partial charge in [0.05, 0.1) is 28.4 Å². The minimum Gasteiger partial charge on any atom is -0.481 e. The van der Waals surface area contributed by atoms with Crippen LogP contribution in [0.1, 0.15) is 18.0 Å². The van der Waals surface area contributed by atoms with Gasteiger partial charge in [0.15, 0.2) is 0 Å². The van der Waals surface area contributed by atoms with Gasteiger partial charge in [-0.3, -0.25) is 25.0 Å². The summed E-state index contributed by atoms with van der Waals surface area (Å²) in [4.78, 5) is 31.5. The van der Waals surface area contributed by atoms with Gasteiger partial charge < -0.3 is 10.4 Å². The summed E-state index contributed by atoms with van der Waals surface area (Å²) < 4.78 is 0. The number of benzene rings is 2. The summed E-state index contributed by atoms with van der Waals surface area (Å²) in [6.45, 7) is 0. The first-order valence-electron chi connectivity index (χ1n) is 6.84. The van der Waals surface area contributed by atoms with E-state index in [0.29, 0.717) is 5.56 Å². The van der Waals surface area contributed by atoms with Gasteiger partial charge in [0, 0.05) is 6.07 Å². The van der Waals surface area contributed by atoms with Gasteiger partial charge in [0.2, 0.25) is 0 Å². The molecule has 2 aromatic rings. The molecule has 0 aromatic heterocycles. The summed E-state index contributed by atoms with van der Waals surface area (Å²) in [5.74, 6) is -1.08. The molecule has 0 saturated heterocycles. The lowest BCUT2D eigenvalue weighted by atomic mass is 10.0. The molecule has 0 radical (unpaired) electrons. The third kappa shape index (κ3) is 4.03. The Morgan fingerprint density at radius 1 is 1.08 bits per heavy atom. The summed E-state index contributed by atoms with van der Waals surface area (Å²) in [5.41, 5.74) is -0.259. The molecule has 0 aliphatic heterocycles. The summed E-state index contributed by atoms with van der Waals surface area (Å²) in [5, 5.41) is 33.8. The van der Waals surface area contributed by atoms with E-state index >= 15 is 0 Å². The van der Waals surface area contributed by atoms with Gasteiger partial charge in [0.25, 0.3) is 11.4 Å². The molecular formula is C15H13N3O6. The third-order valence-electron chi connectivity index (χ3n) is 3.30. The second-order valence-corrected chi connectivity index (χ2v) is 4.92. The Hall–Kier alpha value is -3.49. The van der Waals surface area contributed by atoms with Gasteiger partial charge >= 0.3 is 5.97 Å². The highest BCUT2D eigenvalue weighted by Crippen LogP contribution is 2.32. The van der Waals surface area contributed by atoms with Crippen LogP contribution in [-0.4, -0.2) is 20.9 Å². The predicted molar refractivity (Wildman–Crippen MR) is 84.8 cm³/mol. The van der Waals surface area contributed by atoms with Crippen molar-refractivity contribution in [3.05, 3.63) is 74.3 Å². The number of nitro benzene ring substituents is 2. The number of non-ortho nitro benzene ring substituents is 1. The SMILES string of the molecule is O=C(O)CC(Nc1ccc([N+](=O)[O-])cc1[N+](=O)[O-])c1ccccc1. The van der Waals surface area contributed by atoms with E-state index in [1.807, 2.05) is 0 Å². The normalized spacial score (nSPS) is 11.5. The zero-order valence-corrected chi connectivity index (χ0v) is 12.3. The topological polar surface area (TPSA) is 136 Å². The Labute approximate surface area is 135 Å². The minimum absolute atomic E-state index is 0.0145. The van der Waals surface area contributed by atoms with Crippen LogP contribution < -0.4 is 5.32 Å². The van der Waals surface area contributed by atoms with Crippen LogP contribution in [0.3, 0.4) is 0 Å². The number of nitrogens with one attached hydrogen (secondary N) is 1. The van der Waals surface area contributed by atoms with Crippen molar-refractivity contribution in [2.75, 3.05) is 5.32 Å². The van der Waals surface area contributed by atoms with Crippen molar-refractivity contribution in [1.29, 1.82) is 0 Å². The molecule has 0 fully saturated rings. The Balaban J connectivity index is 2.40. The zero-order chi connectivity index (χ0) is 17.7. The molecule has 2 N–H and O–H groups in total. The molecular weight excluding hydrogens is 318 g/mol. The lowest BCUT2D eigenvalue weighted by Crippen LogP contribution is -2.16. The Morgan fingerprint density at radius 3 is 2.29 bits per heavy atom. The van der Waals surface area contributed by atoms with E-state index in [2.05, 4.69) is 5.32 Å². The third-order valence-corrected chi connectivity index (χ3v) is 3.30. The van der Waals surface area contributed by atoms with E-state index < -0.39 is 33.2 Å². The maximum absolute atomic E-state index is 11.2. The molecule has 0 aliphatic rings. The summed E-state index contributed by atoms with van der Waals surface area (Å²) >= 11 is 0. The second kappa shape index (κ2) is 7.18. The number of aliphatic carboxylic acids is 1. The number of carboxylic acids is 1. The van der Waals surface area contributed by atoms with E-state index in [1.165, 1.54) is 6.07 Å². The van der Waals surface area contributed by atoms with Crippen molar-refractivity contribution in [2.45, 2.75) is 12.5 Å². The van der Waals surface area contributed by atoms with Crippen LogP contribution in [0.15, 0.2) is 48.5 Å². The Bertz CT molecular complexity index is 778. The van der Waals surface area contributed by atoms with E-state index in [0.717, 1.165) is 12.1 Å². The van der Waals surface area contributed by atoms with Crippen LogP contribution in [-0.2, 0) is 4.79 Å². The van der Waals surface area contributed by atoms with Gasteiger partial charge in [-0.1, -0.05) is 30.3 Å². The van der Waals surface area contributed by atoms with Crippen LogP contribution in [0.25, 0.3) is 0 Å². The first kappa shape index (κ1) is 16.9. The van der Waals surface area contributed by atoms with E-state index in [4.69, 9.17) is 5.11 Å². The van der Waals surface area contributed by atoms with Gasteiger partial charge in [0.1, 0.15) is 5.69 Å². The average molecular weight is 331 g/mol. The van der Waals surface area contributed by atoms with Gasteiger partial charge in [-0.15, -0.1) is 0 Å². The molecule has 0 spiro atoms. The molecule has 0 heterocycles. The molecule has 0 aliphatic carbocycles. The lowest BCUT2D eigenvalue weighted by molar-refractivity contribution is -0.393. The largest absolute Gasteiger partial charge is 0.481 e. The van der Waals surface area contributed by atoms with Crippen molar-refractivity contribution in [2.24, 2.45) is 0 Å². The van der Waals surface area contributed by atoms with Crippen molar-refractivity contribution in [3.63, 3.8) is 0 Å². The van der Waals surface area contributed by atoms with E-state index in [9.17, 15) is 25.0 Å². The Morgan fingerprint density at radius 2 is 1.75 bits per heavy atom. The highest BCUT2D eigenvalue weighted by atomic mass is 16.6. The maximum Gasteiger partial charge on any atom is 0.305 e. The molecule has 1 unspecified atom stereocenters. The van der Waals surface area contributed by atoms with Crippen LogP contribution in [0.4, 0.5) is 17.1 Å². The molecule has 2 aromatic carbocycles. The standard InChI is InChI=1S/C15H13N3O6/c19-15(20)9-13(10-4-2-1-3-5-10)16-12-7-6-11(17(21)22)8-14(12)18(23)24/h1-8,13,16H,9H2,(H,19,20). The first-order chi connectivity index (χ1) is 11.4. The highest BCUT2D eigenvalue weighted by Gasteiger charge is 2.23. The molecule has 1 atom stereocenters. The van der Waals surface area contributed by atoms with Crippen LogP contribution in [0, 0.1) is 20.2 Å². The van der Waals surface area contributed by atoms with Crippen LogP contribution in [0.5, 0.6) is 0 Å². The quantitative estimate of drug-likeness (QED) is 0.587. The second-order valence-electron chi connectivity index (χ2n) is 4.92. The summed E-state index contributed by atoms with van der Waals surface area (Å²) in [7, 11) is 0. The highest BCUT2D eigenvalue weighted by molar-refractivity contribution is 5.71. The number of nitro groups is 2. The number of rotatable bonds is 7. The molecule has 2 rings (SSSR count). The molecule has 0 amide bonds. The molecule has 9 heteroatoms. The Kier molecular flexibility index (Phi) is 5.05. The molecule has 0 saturated carbocycles. The number of anilines is 1. The van der Waals surface area contributed by atoms with Crippen LogP contribution in [0.2, 0.25) is 0 Å². The fourth-order valence-corrected chi connectivity index (χ4v) is 2.21.